The maximum absolute atomic E-state index is 14.4. The number of aryl methyl sites for hydroxylation is 1. The highest BCUT2D eigenvalue weighted by molar-refractivity contribution is 6.01. The van der Waals surface area contributed by atoms with E-state index in [0.29, 0.717) is 28.0 Å². The second kappa shape index (κ2) is 8.23. The van der Waals surface area contributed by atoms with Crippen LogP contribution in [0, 0.1) is 18.6 Å². The minimum atomic E-state index is -0.744. The van der Waals surface area contributed by atoms with E-state index in [9.17, 15) is 18.7 Å². The Morgan fingerprint density at radius 1 is 1.26 bits per heavy atom. The second-order valence-corrected chi connectivity index (χ2v) is 7.03. The third-order valence-corrected chi connectivity index (χ3v) is 4.76. The van der Waals surface area contributed by atoms with Gasteiger partial charge in [-0.05, 0) is 44.2 Å². The molecule has 1 atom stereocenters. The van der Waals surface area contributed by atoms with Crippen LogP contribution in [-0.2, 0) is 6.54 Å². The summed E-state index contributed by atoms with van der Waals surface area (Å²) in [5.41, 5.74) is 1.30. The molecule has 0 aliphatic heterocycles. The van der Waals surface area contributed by atoms with Gasteiger partial charge in [0, 0.05) is 22.6 Å². The predicted molar refractivity (Wildman–Crippen MR) is 107 cm³/mol. The van der Waals surface area contributed by atoms with Gasteiger partial charge in [-0.3, -0.25) is 9.48 Å². The molecule has 2 aromatic heterocycles. The van der Waals surface area contributed by atoms with Gasteiger partial charge in [-0.2, -0.15) is 10.1 Å². The molecule has 0 saturated carbocycles. The normalized spacial score (nSPS) is 12.3. The van der Waals surface area contributed by atoms with Crippen LogP contribution >= 0.6 is 0 Å². The molecule has 0 aliphatic rings. The summed E-state index contributed by atoms with van der Waals surface area (Å²) in [5, 5.41) is 20.8. The molecule has 0 unspecified atom stereocenters. The van der Waals surface area contributed by atoms with Crippen molar-refractivity contribution in [1.29, 1.82) is 0 Å². The molecule has 2 N–H and O–H groups in total. The third-order valence-electron chi connectivity index (χ3n) is 4.76. The third kappa shape index (κ3) is 4.02. The van der Waals surface area contributed by atoms with Crippen LogP contribution in [0.15, 0.2) is 40.9 Å². The summed E-state index contributed by atoms with van der Waals surface area (Å²) >= 11 is 0. The Morgan fingerprint density at radius 3 is 2.74 bits per heavy atom. The molecule has 2 aromatic carbocycles. The molecule has 31 heavy (non-hydrogen) atoms. The van der Waals surface area contributed by atoms with Gasteiger partial charge in [-0.15, -0.1) is 0 Å². The number of halogens is 2. The average Bonchev–Trinajstić information content (AvgIpc) is 3.31. The van der Waals surface area contributed by atoms with E-state index in [0.717, 1.165) is 12.1 Å². The van der Waals surface area contributed by atoms with Gasteiger partial charge in [0.15, 0.2) is 5.82 Å². The molecule has 1 amide bonds. The minimum absolute atomic E-state index is 0.107. The number of carbonyl (C=O) groups is 1. The van der Waals surface area contributed by atoms with Crippen LogP contribution in [0.3, 0.4) is 0 Å². The number of amides is 1. The van der Waals surface area contributed by atoms with Crippen molar-refractivity contribution < 1.29 is 23.2 Å². The molecule has 2 heterocycles. The van der Waals surface area contributed by atoms with Crippen molar-refractivity contribution in [2.24, 2.45) is 0 Å². The molecule has 4 rings (SSSR count). The Bertz CT molecular complexity index is 1270. The zero-order valence-corrected chi connectivity index (χ0v) is 16.8. The van der Waals surface area contributed by atoms with Crippen LogP contribution in [-0.4, -0.2) is 37.5 Å². The highest BCUT2D eigenvalue weighted by atomic mass is 19.1. The topological polar surface area (TPSA) is 106 Å². The number of benzene rings is 2. The molecule has 0 aliphatic carbocycles. The summed E-state index contributed by atoms with van der Waals surface area (Å²) in [4.78, 5) is 16.8. The first-order chi connectivity index (χ1) is 14.9. The van der Waals surface area contributed by atoms with Crippen molar-refractivity contribution in [1.82, 2.24) is 25.2 Å². The smallest absolute Gasteiger partial charge is 0.251 e. The SMILES string of the molecule is Cc1noc([C@@H](C)NC(=O)c2ccc3c(-c4ccc(F)cc4F)n(CCO)nc3c2)n1. The maximum atomic E-state index is 14.4. The Kier molecular flexibility index (Phi) is 5.47. The quantitative estimate of drug-likeness (QED) is 0.490. The molecule has 0 radical (unpaired) electrons. The molecule has 0 saturated heterocycles. The number of nitrogens with zero attached hydrogens (tertiary/aromatic N) is 4. The number of aromatic nitrogens is 4. The lowest BCUT2D eigenvalue weighted by atomic mass is 10.0. The molecular formula is C21H19F2N5O3. The molecule has 8 nitrogen and oxygen atoms in total. The van der Waals surface area contributed by atoms with Gasteiger partial charge in [-0.25, -0.2) is 8.78 Å². The fraction of sp³-hybridized carbons (Fsp3) is 0.238. The first kappa shape index (κ1) is 20.6. The van der Waals surface area contributed by atoms with E-state index in [1.807, 2.05) is 0 Å². The minimum Gasteiger partial charge on any atom is -0.394 e. The number of rotatable bonds is 6. The summed E-state index contributed by atoms with van der Waals surface area (Å²) < 4.78 is 34.3. The van der Waals surface area contributed by atoms with Crippen molar-refractivity contribution >= 4 is 16.8 Å². The van der Waals surface area contributed by atoms with Crippen LogP contribution in [0.2, 0.25) is 0 Å². The van der Waals surface area contributed by atoms with E-state index in [-0.39, 0.29) is 30.5 Å². The molecule has 0 spiro atoms. The van der Waals surface area contributed by atoms with Gasteiger partial charge < -0.3 is 14.9 Å². The lowest BCUT2D eigenvalue weighted by Crippen LogP contribution is -2.26. The Balaban J connectivity index is 1.70. The number of fused-ring (bicyclic) bond motifs is 1. The Morgan fingerprint density at radius 2 is 2.06 bits per heavy atom. The zero-order valence-electron chi connectivity index (χ0n) is 16.8. The number of carbonyl (C=O) groups excluding carboxylic acids is 1. The molecule has 0 fully saturated rings. The molecule has 0 bridgehead atoms. The number of nitrogens with one attached hydrogen (secondary N) is 1. The summed E-state index contributed by atoms with van der Waals surface area (Å²) in [6.45, 7) is 3.28. The summed E-state index contributed by atoms with van der Waals surface area (Å²) in [6.07, 6.45) is 0. The Hall–Kier alpha value is -3.66. The van der Waals surface area contributed by atoms with Gasteiger partial charge >= 0.3 is 0 Å². The monoisotopic (exact) mass is 427 g/mol. The van der Waals surface area contributed by atoms with Crippen LogP contribution in [0.4, 0.5) is 8.78 Å². The van der Waals surface area contributed by atoms with Gasteiger partial charge in [0.25, 0.3) is 5.91 Å². The number of aliphatic hydroxyl groups excluding tert-OH is 1. The second-order valence-electron chi connectivity index (χ2n) is 7.03. The molecular weight excluding hydrogens is 408 g/mol. The van der Waals surface area contributed by atoms with Crippen LogP contribution in [0.25, 0.3) is 22.2 Å². The highest BCUT2D eigenvalue weighted by Crippen LogP contribution is 2.31. The standard InChI is InChI=1S/C21H19F2N5O3/c1-11(21-25-12(2)27-31-21)24-20(30)13-3-5-16-18(9-13)26-28(7-8-29)19(16)15-6-4-14(22)10-17(15)23/h3-6,9-11,29H,7-8H2,1-2H3,(H,24,30)/t11-/m1/s1. The van der Waals surface area contributed by atoms with Gasteiger partial charge in [0.2, 0.25) is 5.89 Å². The largest absolute Gasteiger partial charge is 0.394 e. The lowest BCUT2D eigenvalue weighted by Gasteiger charge is -2.10. The van der Waals surface area contributed by atoms with Crippen LogP contribution < -0.4 is 5.32 Å². The first-order valence-corrected chi connectivity index (χ1v) is 9.55. The van der Waals surface area contributed by atoms with E-state index in [4.69, 9.17) is 4.52 Å². The van der Waals surface area contributed by atoms with Crippen LogP contribution in [0.5, 0.6) is 0 Å². The summed E-state index contributed by atoms with van der Waals surface area (Å²) in [6, 6.07) is 7.56. The van der Waals surface area contributed by atoms with Gasteiger partial charge in [-0.1, -0.05) is 5.16 Å². The molecule has 10 heteroatoms. The maximum Gasteiger partial charge on any atom is 0.251 e. The summed E-state index contributed by atoms with van der Waals surface area (Å²) in [7, 11) is 0. The molecule has 160 valence electrons. The van der Waals surface area contributed by atoms with Crippen molar-refractivity contribution in [3.63, 3.8) is 0 Å². The summed E-state index contributed by atoms with van der Waals surface area (Å²) in [5.74, 6) is -1.06. The first-order valence-electron chi connectivity index (χ1n) is 9.55. The van der Waals surface area contributed by atoms with Gasteiger partial charge in [0.1, 0.15) is 17.7 Å². The van der Waals surface area contributed by atoms with Crippen LogP contribution in [0.1, 0.15) is 35.0 Å². The highest BCUT2D eigenvalue weighted by Gasteiger charge is 2.20. The lowest BCUT2D eigenvalue weighted by molar-refractivity contribution is 0.0932. The predicted octanol–water partition coefficient (Wildman–Crippen LogP) is 3.16. The van der Waals surface area contributed by atoms with Gasteiger partial charge in [0.05, 0.1) is 24.4 Å². The Labute approximate surface area is 175 Å². The van der Waals surface area contributed by atoms with E-state index in [1.165, 1.54) is 10.7 Å². The van der Waals surface area contributed by atoms with Crippen molar-refractivity contribution in [2.75, 3.05) is 6.61 Å². The van der Waals surface area contributed by atoms with E-state index >= 15 is 0 Å². The van der Waals surface area contributed by atoms with Crippen molar-refractivity contribution in [3.8, 4) is 11.3 Å². The fourth-order valence-corrected chi connectivity index (χ4v) is 3.33. The van der Waals surface area contributed by atoms with E-state index in [2.05, 4.69) is 20.6 Å². The fourth-order valence-electron chi connectivity index (χ4n) is 3.33. The number of aliphatic hydroxyl groups is 1. The molecule has 4 aromatic rings. The van der Waals surface area contributed by atoms with E-state index < -0.39 is 17.7 Å². The van der Waals surface area contributed by atoms with Crippen molar-refractivity contribution in [2.45, 2.75) is 26.4 Å². The number of hydrogen-bond donors (Lipinski definition) is 2. The number of hydrogen-bond acceptors (Lipinski definition) is 6. The zero-order chi connectivity index (χ0) is 22.1. The van der Waals surface area contributed by atoms with Crippen molar-refractivity contribution in [3.05, 3.63) is 65.3 Å². The van der Waals surface area contributed by atoms with E-state index in [1.54, 1.807) is 32.0 Å². The average molecular weight is 427 g/mol.